The SMILES string of the molecule is O=C(Nc1cccc(C(=O)N2CCC[C@H](CO)C2)c1)c1ccc[nH]1. The monoisotopic (exact) mass is 327 g/mol. The number of hydrogen-bond acceptors (Lipinski definition) is 3. The van der Waals surface area contributed by atoms with Crippen molar-refractivity contribution in [3.8, 4) is 0 Å². The van der Waals surface area contributed by atoms with Gasteiger partial charge in [-0.2, -0.15) is 0 Å². The fraction of sp³-hybridized carbons (Fsp3) is 0.333. The van der Waals surface area contributed by atoms with Gasteiger partial charge in [0.25, 0.3) is 11.8 Å². The van der Waals surface area contributed by atoms with Crippen LogP contribution in [0.25, 0.3) is 0 Å². The Balaban J connectivity index is 1.70. The second-order valence-electron chi connectivity index (χ2n) is 6.06. The van der Waals surface area contributed by atoms with Gasteiger partial charge in [0.1, 0.15) is 5.69 Å². The van der Waals surface area contributed by atoms with E-state index in [1.165, 1.54) is 0 Å². The van der Waals surface area contributed by atoms with Crippen LogP contribution in [-0.2, 0) is 0 Å². The first kappa shape index (κ1) is 16.3. The summed E-state index contributed by atoms with van der Waals surface area (Å²) in [7, 11) is 0. The molecule has 2 amide bonds. The number of rotatable bonds is 4. The van der Waals surface area contributed by atoms with Crippen LogP contribution in [0.4, 0.5) is 5.69 Å². The van der Waals surface area contributed by atoms with Crippen LogP contribution >= 0.6 is 0 Å². The highest BCUT2D eigenvalue weighted by Gasteiger charge is 2.24. The van der Waals surface area contributed by atoms with E-state index >= 15 is 0 Å². The lowest BCUT2D eigenvalue weighted by atomic mass is 9.98. The number of hydrogen-bond donors (Lipinski definition) is 3. The number of aliphatic hydroxyl groups excluding tert-OH is 1. The summed E-state index contributed by atoms with van der Waals surface area (Å²) in [6, 6.07) is 10.4. The summed E-state index contributed by atoms with van der Waals surface area (Å²) in [4.78, 5) is 29.3. The van der Waals surface area contributed by atoms with Crippen molar-refractivity contribution in [3.05, 3.63) is 53.9 Å². The van der Waals surface area contributed by atoms with E-state index in [9.17, 15) is 14.7 Å². The van der Waals surface area contributed by atoms with Crippen LogP contribution in [0.15, 0.2) is 42.6 Å². The lowest BCUT2D eigenvalue weighted by Gasteiger charge is -2.32. The number of H-pyrrole nitrogens is 1. The maximum absolute atomic E-state index is 12.7. The van der Waals surface area contributed by atoms with Crippen LogP contribution in [0.2, 0.25) is 0 Å². The minimum Gasteiger partial charge on any atom is -0.396 e. The summed E-state index contributed by atoms with van der Waals surface area (Å²) >= 11 is 0. The van der Waals surface area contributed by atoms with Crippen LogP contribution in [-0.4, -0.2) is 46.5 Å². The van der Waals surface area contributed by atoms with Crippen molar-refractivity contribution in [2.24, 2.45) is 5.92 Å². The van der Waals surface area contributed by atoms with Gasteiger partial charge in [0, 0.05) is 37.1 Å². The van der Waals surface area contributed by atoms with E-state index < -0.39 is 0 Å². The Labute approximate surface area is 140 Å². The zero-order valence-corrected chi connectivity index (χ0v) is 13.4. The lowest BCUT2D eigenvalue weighted by Crippen LogP contribution is -2.40. The van der Waals surface area contributed by atoms with Crippen molar-refractivity contribution < 1.29 is 14.7 Å². The molecule has 3 N–H and O–H groups in total. The van der Waals surface area contributed by atoms with Crippen molar-refractivity contribution in [3.63, 3.8) is 0 Å². The Hall–Kier alpha value is -2.60. The highest BCUT2D eigenvalue weighted by atomic mass is 16.3. The molecule has 2 heterocycles. The van der Waals surface area contributed by atoms with Crippen LogP contribution < -0.4 is 5.32 Å². The number of nitrogens with one attached hydrogen (secondary N) is 2. The standard InChI is InChI=1S/C18H21N3O3/c22-12-13-4-3-9-21(11-13)18(24)14-5-1-6-15(10-14)20-17(23)16-7-2-8-19-16/h1-2,5-8,10,13,19,22H,3-4,9,11-12H2,(H,20,23)/t13-/m0/s1. The first-order valence-corrected chi connectivity index (χ1v) is 8.12. The number of benzene rings is 1. The Morgan fingerprint density at radius 2 is 2.17 bits per heavy atom. The van der Waals surface area contributed by atoms with E-state index in [1.807, 2.05) is 0 Å². The molecule has 1 aromatic carbocycles. The topological polar surface area (TPSA) is 85.4 Å². The molecule has 1 aliphatic heterocycles. The summed E-state index contributed by atoms with van der Waals surface area (Å²) in [6.45, 7) is 1.39. The number of aromatic nitrogens is 1. The molecule has 0 spiro atoms. The van der Waals surface area contributed by atoms with Gasteiger partial charge in [-0.05, 0) is 49.1 Å². The molecule has 1 aromatic heterocycles. The third-order valence-corrected chi connectivity index (χ3v) is 4.27. The van der Waals surface area contributed by atoms with Crippen LogP contribution in [0.1, 0.15) is 33.7 Å². The molecule has 1 aliphatic rings. The number of carbonyl (C=O) groups is 2. The van der Waals surface area contributed by atoms with Gasteiger partial charge >= 0.3 is 0 Å². The van der Waals surface area contributed by atoms with Gasteiger partial charge in [0.15, 0.2) is 0 Å². The Morgan fingerprint density at radius 3 is 2.92 bits per heavy atom. The van der Waals surface area contributed by atoms with Gasteiger partial charge in [0.05, 0.1) is 0 Å². The summed E-state index contributed by atoms with van der Waals surface area (Å²) in [5.41, 5.74) is 1.59. The third kappa shape index (κ3) is 3.65. The Kier molecular flexibility index (Phi) is 4.96. The zero-order chi connectivity index (χ0) is 16.9. The molecule has 0 aliphatic carbocycles. The molecule has 24 heavy (non-hydrogen) atoms. The van der Waals surface area contributed by atoms with Crippen molar-refractivity contribution in [2.75, 3.05) is 25.0 Å². The summed E-state index contributed by atoms with van der Waals surface area (Å²) in [5, 5.41) is 12.1. The highest BCUT2D eigenvalue weighted by molar-refractivity contribution is 6.04. The molecule has 1 atom stereocenters. The molecule has 0 bridgehead atoms. The van der Waals surface area contributed by atoms with E-state index in [0.717, 1.165) is 12.8 Å². The molecule has 0 unspecified atom stereocenters. The molecule has 1 fully saturated rings. The summed E-state index contributed by atoms with van der Waals surface area (Å²) in [5.74, 6) is -0.162. The van der Waals surface area contributed by atoms with Gasteiger partial charge in [0.2, 0.25) is 0 Å². The van der Waals surface area contributed by atoms with E-state index in [4.69, 9.17) is 0 Å². The smallest absolute Gasteiger partial charge is 0.272 e. The molecule has 1 saturated heterocycles. The first-order chi connectivity index (χ1) is 11.7. The largest absolute Gasteiger partial charge is 0.396 e. The fourth-order valence-electron chi connectivity index (χ4n) is 2.98. The number of nitrogens with zero attached hydrogens (tertiary/aromatic N) is 1. The zero-order valence-electron chi connectivity index (χ0n) is 13.4. The van der Waals surface area contributed by atoms with E-state index in [1.54, 1.807) is 47.5 Å². The number of aromatic amines is 1. The van der Waals surface area contributed by atoms with Crippen molar-refractivity contribution in [1.29, 1.82) is 0 Å². The molecular weight excluding hydrogens is 306 g/mol. The predicted molar refractivity (Wildman–Crippen MR) is 90.9 cm³/mol. The quantitative estimate of drug-likeness (QED) is 0.804. The lowest BCUT2D eigenvalue weighted by molar-refractivity contribution is 0.0620. The second-order valence-corrected chi connectivity index (χ2v) is 6.06. The van der Waals surface area contributed by atoms with E-state index in [-0.39, 0.29) is 24.3 Å². The fourth-order valence-corrected chi connectivity index (χ4v) is 2.98. The summed E-state index contributed by atoms with van der Waals surface area (Å²) < 4.78 is 0. The van der Waals surface area contributed by atoms with Crippen molar-refractivity contribution >= 4 is 17.5 Å². The van der Waals surface area contributed by atoms with Crippen LogP contribution in [0.5, 0.6) is 0 Å². The highest BCUT2D eigenvalue weighted by Crippen LogP contribution is 2.20. The molecule has 6 nitrogen and oxygen atoms in total. The van der Waals surface area contributed by atoms with Crippen molar-refractivity contribution in [1.82, 2.24) is 9.88 Å². The number of anilines is 1. The van der Waals surface area contributed by atoms with Gasteiger partial charge < -0.3 is 20.3 Å². The molecular formula is C18H21N3O3. The maximum Gasteiger partial charge on any atom is 0.272 e. The summed E-state index contributed by atoms with van der Waals surface area (Å²) in [6.07, 6.45) is 3.54. The maximum atomic E-state index is 12.7. The van der Waals surface area contributed by atoms with E-state index in [2.05, 4.69) is 10.3 Å². The average Bonchev–Trinajstić information content (AvgIpc) is 3.16. The Bertz CT molecular complexity index is 712. The van der Waals surface area contributed by atoms with E-state index in [0.29, 0.717) is 30.0 Å². The molecule has 126 valence electrons. The molecule has 3 rings (SSSR count). The third-order valence-electron chi connectivity index (χ3n) is 4.27. The average molecular weight is 327 g/mol. The van der Waals surface area contributed by atoms with Crippen LogP contribution in [0.3, 0.4) is 0 Å². The van der Waals surface area contributed by atoms with Gasteiger partial charge in [-0.3, -0.25) is 9.59 Å². The molecule has 2 aromatic rings. The normalized spacial score (nSPS) is 17.5. The number of aliphatic hydroxyl groups is 1. The van der Waals surface area contributed by atoms with Gasteiger partial charge in [-0.15, -0.1) is 0 Å². The molecule has 0 saturated carbocycles. The number of carbonyl (C=O) groups excluding carboxylic acids is 2. The molecule has 0 radical (unpaired) electrons. The van der Waals surface area contributed by atoms with Crippen molar-refractivity contribution in [2.45, 2.75) is 12.8 Å². The van der Waals surface area contributed by atoms with Gasteiger partial charge in [-0.1, -0.05) is 6.07 Å². The first-order valence-electron chi connectivity index (χ1n) is 8.12. The molecule has 6 heteroatoms. The minimum atomic E-state index is -0.247. The minimum absolute atomic E-state index is 0.0656. The number of piperidine rings is 1. The predicted octanol–water partition coefficient (Wildman–Crippen LogP) is 2.11. The van der Waals surface area contributed by atoms with Gasteiger partial charge in [-0.25, -0.2) is 0 Å². The second kappa shape index (κ2) is 7.31. The Morgan fingerprint density at radius 1 is 1.29 bits per heavy atom. The van der Waals surface area contributed by atoms with Crippen LogP contribution in [0, 0.1) is 5.92 Å². The number of likely N-dealkylation sites (tertiary alicyclic amines) is 1. The number of amides is 2.